The first-order valence-corrected chi connectivity index (χ1v) is 10.3. The lowest BCUT2D eigenvalue weighted by molar-refractivity contribution is -0.130. The molecule has 0 unspecified atom stereocenters. The number of likely N-dealkylation sites (N-methyl/N-ethyl adjacent to an activating group) is 1. The van der Waals surface area contributed by atoms with E-state index in [0.29, 0.717) is 19.5 Å². The van der Waals surface area contributed by atoms with Crippen LogP contribution in [0.15, 0.2) is 47.2 Å². The van der Waals surface area contributed by atoms with Gasteiger partial charge in [0.25, 0.3) is 0 Å². The van der Waals surface area contributed by atoms with E-state index >= 15 is 0 Å². The first kappa shape index (κ1) is 18.6. The summed E-state index contributed by atoms with van der Waals surface area (Å²) in [6.07, 6.45) is 0.353. The van der Waals surface area contributed by atoms with Crippen molar-refractivity contribution in [3.05, 3.63) is 58.4 Å². The number of thiophene rings is 1. The monoisotopic (exact) mass is 385 g/mol. The molecule has 0 bridgehead atoms. The second-order valence-electron chi connectivity index (χ2n) is 6.27. The Labute approximate surface area is 162 Å². The van der Waals surface area contributed by atoms with Crippen molar-refractivity contribution in [2.24, 2.45) is 0 Å². The van der Waals surface area contributed by atoms with E-state index in [-0.39, 0.29) is 5.91 Å². The van der Waals surface area contributed by atoms with Crippen LogP contribution in [-0.2, 0) is 17.8 Å². The van der Waals surface area contributed by atoms with Crippen molar-refractivity contribution < 1.29 is 4.79 Å². The van der Waals surface area contributed by atoms with Crippen molar-refractivity contribution in [2.75, 3.05) is 25.5 Å². The molecule has 1 amide bonds. The first-order chi connectivity index (χ1) is 12.6. The summed E-state index contributed by atoms with van der Waals surface area (Å²) in [5.74, 6) is 0.118. The van der Waals surface area contributed by atoms with Gasteiger partial charge < -0.3 is 9.80 Å². The van der Waals surface area contributed by atoms with Gasteiger partial charge in [-0.2, -0.15) is 0 Å². The average molecular weight is 386 g/mol. The van der Waals surface area contributed by atoms with E-state index in [4.69, 9.17) is 0 Å². The van der Waals surface area contributed by atoms with Crippen LogP contribution in [-0.4, -0.2) is 36.4 Å². The highest BCUT2D eigenvalue weighted by Gasteiger charge is 2.15. The third-order valence-corrected chi connectivity index (χ3v) is 6.11. The van der Waals surface area contributed by atoms with Crippen LogP contribution < -0.4 is 4.90 Å². The van der Waals surface area contributed by atoms with Crippen molar-refractivity contribution in [1.82, 2.24) is 9.88 Å². The molecule has 136 valence electrons. The molecule has 0 aliphatic rings. The molecule has 3 aromatic rings. The number of amides is 1. The summed E-state index contributed by atoms with van der Waals surface area (Å²) in [7, 11) is 4.05. The number of hydrogen-bond donors (Lipinski definition) is 0. The lowest BCUT2D eigenvalue weighted by atomic mass is 10.1. The molecule has 0 aliphatic heterocycles. The zero-order chi connectivity index (χ0) is 18.5. The standard InChI is InChI=1S/C20H23N3OS2/c1-4-23(13-15-7-9-17(10-8-15)22(2)3)19(24)12-16-14-26-20(21-16)18-6-5-11-25-18/h5-11,14H,4,12-13H2,1-3H3. The highest BCUT2D eigenvalue weighted by Crippen LogP contribution is 2.28. The number of aromatic nitrogens is 1. The predicted molar refractivity (Wildman–Crippen MR) is 111 cm³/mol. The molecule has 0 aliphatic carbocycles. The molecule has 6 heteroatoms. The molecule has 0 radical (unpaired) electrons. The highest BCUT2D eigenvalue weighted by atomic mass is 32.1. The first-order valence-electron chi connectivity index (χ1n) is 8.59. The third kappa shape index (κ3) is 4.51. The minimum absolute atomic E-state index is 0.118. The van der Waals surface area contributed by atoms with Crippen LogP contribution in [0.2, 0.25) is 0 Å². The molecule has 0 fully saturated rings. The van der Waals surface area contributed by atoms with Gasteiger partial charge in [0.1, 0.15) is 5.01 Å². The molecule has 2 aromatic heterocycles. The fourth-order valence-corrected chi connectivity index (χ4v) is 4.30. The largest absolute Gasteiger partial charge is 0.378 e. The summed E-state index contributed by atoms with van der Waals surface area (Å²) in [6.45, 7) is 3.34. The van der Waals surface area contributed by atoms with Crippen LogP contribution in [0.3, 0.4) is 0 Å². The average Bonchev–Trinajstić information content (AvgIpc) is 3.31. The number of thiazole rings is 1. The maximum atomic E-state index is 12.7. The SMILES string of the molecule is CCN(Cc1ccc(N(C)C)cc1)C(=O)Cc1csc(-c2cccs2)n1. The van der Waals surface area contributed by atoms with Crippen molar-refractivity contribution in [2.45, 2.75) is 19.9 Å². The lowest BCUT2D eigenvalue weighted by Gasteiger charge is -2.21. The van der Waals surface area contributed by atoms with E-state index in [0.717, 1.165) is 26.8 Å². The van der Waals surface area contributed by atoms with Gasteiger partial charge in [-0.1, -0.05) is 18.2 Å². The molecule has 3 rings (SSSR count). The van der Waals surface area contributed by atoms with E-state index in [1.54, 1.807) is 22.7 Å². The fraction of sp³-hybridized carbons (Fsp3) is 0.300. The molecule has 0 spiro atoms. The molecule has 0 saturated carbocycles. The van der Waals surface area contributed by atoms with Crippen molar-refractivity contribution in [3.8, 4) is 9.88 Å². The topological polar surface area (TPSA) is 36.4 Å². The number of carbonyl (C=O) groups excluding carboxylic acids is 1. The normalized spacial score (nSPS) is 10.7. The molecule has 2 heterocycles. The number of anilines is 1. The van der Waals surface area contributed by atoms with Gasteiger partial charge in [0, 0.05) is 38.3 Å². The van der Waals surface area contributed by atoms with Gasteiger partial charge in [-0.3, -0.25) is 4.79 Å². The lowest BCUT2D eigenvalue weighted by Crippen LogP contribution is -2.31. The molecule has 1 aromatic carbocycles. The van der Waals surface area contributed by atoms with Gasteiger partial charge in [-0.05, 0) is 36.1 Å². The van der Waals surface area contributed by atoms with Crippen LogP contribution >= 0.6 is 22.7 Å². The summed E-state index contributed by atoms with van der Waals surface area (Å²) >= 11 is 3.27. The minimum atomic E-state index is 0.118. The smallest absolute Gasteiger partial charge is 0.228 e. The maximum absolute atomic E-state index is 12.7. The van der Waals surface area contributed by atoms with Crippen LogP contribution in [0.1, 0.15) is 18.2 Å². The van der Waals surface area contributed by atoms with Gasteiger partial charge in [-0.25, -0.2) is 4.98 Å². The van der Waals surface area contributed by atoms with Gasteiger partial charge in [-0.15, -0.1) is 22.7 Å². The summed E-state index contributed by atoms with van der Waals surface area (Å²) in [5.41, 5.74) is 3.15. The highest BCUT2D eigenvalue weighted by molar-refractivity contribution is 7.20. The Hall–Kier alpha value is -2.18. The molecular formula is C20H23N3OS2. The summed E-state index contributed by atoms with van der Waals surface area (Å²) in [6, 6.07) is 12.4. The Morgan fingerprint density at radius 2 is 1.88 bits per heavy atom. The summed E-state index contributed by atoms with van der Waals surface area (Å²) in [5, 5.41) is 5.03. The number of rotatable bonds is 7. The van der Waals surface area contributed by atoms with Gasteiger partial charge in [0.05, 0.1) is 17.0 Å². The van der Waals surface area contributed by atoms with Crippen LogP contribution in [0, 0.1) is 0 Å². The zero-order valence-corrected chi connectivity index (χ0v) is 16.9. The second-order valence-corrected chi connectivity index (χ2v) is 8.07. The van der Waals surface area contributed by atoms with E-state index in [9.17, 15) is 4.79 Å². The van der Waals surface area contributed by atoms with E-state index in [2.05, 4.69) is 40.2 Å². The van der Waals surface area contributed by atoms with Gasteiger partial charge in [0.2, 0.25) is 5.91 Å². The number of nitrogens with zero attached hydrogens (tertiary/aromatic N) is 3. The Balaban J connectivity index is 1.63. The zero-order valence-electron chi connectivity index (χ0n) is 15.3. The quantitative estimate of drug-likeness (QED) is 0.600. The van der Waals surface area contributed by atoms with E-state index < -0.39 is 0 Å². The maximum Gasteiger partial charge on any atom is 0.228 e. The van der Waals surface area contributed by atoms with Crippen LogP contribution in [0.4, 0.5) is 5.69 Å². The van der Waals surface area contributed by atoms with E-state index in [1.165, 1.54) is 0 Å². The summed E-state index contributed by atoms with van der Waals surface area (Å²) in [4.78, 5) is 22.4. The number of hydrogen-bond acceptors (Lipinski definition) is 5. The molecule has 26 heavy (non-hydrogen) atoms. The minimum Gasteiger partial charge on any atom is -0.378 e. The third-order valence-electron chi connectivity index (χ3n) is 4.18. The van der Waals surface area contributed by atoms with Crippen LogP contribution in [0.5, 0.6) is 0 Å². The number of carbonyl (C=O) groups is 1. The van der Waals surface area contributed by atoms with Gasteiger partial charge >= 0.3 is 0 Å². The van der Waals surface area contributed by atoms with Crippen molar-refractivity contribution in [1.29, 1.82) is 0 Å². The van der Waals surface area contributed by atoms with Crippen LogP contribution in [0.25, 0.3) is 9.88 Å². The molecule has 0 saturated heterocycles. The molecule has 4 nitrogen and oxygen atoms in total. The predicted octanol–water partition coefficient (Wildman–Crippen LogP) is 4.53. The van der Waals surface area contributed by atoms with Crippen molar-refractivity contribution in [3.63, 3.8) is 0 Å². The Morgan fingerprint density at radius 1 is 1.12 bits per heavy atom. The van der Waals surface area contributed by atoms with Gasteiger partial charge in [0.15, 0.2) is 0 Å². The van der Waals surface area contributed by atoms with E-state index in [1.807, 2.05) is 42.7 Å². The Morgan fingerprint density at radius 3 is 2.50 bits per heavy atom. The fourth-order valence-electron chi connectivity index (χ4n) is 2.66. The number of benzene rings is 1. The Kier molecular flexibility index (Phi) is 6.06. The summed E-state index contributed by atoms with van der Waals surface area (Å²) < 4.78 is 0. The molecule has 0 N–H and O–H groups in total. The second kappa shape index (κ2) is 8.47. The molecule has 0 atom stereocenters. The Bertz CT molecular complexity index is 838. The van der Waals surface area contributed by atoms with Crippen molar-refractivity contribution >= 4 is 34.3 Å². The molecular weight excluding hydrogens is 362 g/mol.